The highest BCUT2D eigenvalue weighted by Gasteiger charge is 2.38. The van der Waals surface area contributed by atoms with Crippen LogP contribution in [0.4, 0.5) is 0 Å². The van der Waals surface area contributed by atoms with Crippen molar-refractivity contribution in [3.05, 3.63) is 77.5 Å². The van der Waals surface area contributed by atoms with Crippen molar-refractivity contribution in [1.29, 1.82) is 0 Å². The van der Waals surface area contributed by atoms with Gasteiger partial charge in [-0.1, -0.05) is 6.58 Å². The maximum atomic E-state index is 13.8. The van der Waals surface area contributed by atoms with Gasteiger partial charge < -0.3 is 23.7 Å². The highest BCUT2D eigenvalue weighted by molar-refractivity contribution is 6.30. The highest BCUT2D eigenvalue weighted by Crippen LogP contribution is 2.47. The molecule has 0 bridgehead atoms. The lowest BCUT2D eigenvalue weighted by Gasteiger charge is -2.22. The molecule has 184 valence electrons. The number of fused-ring (bicyclic) bond motifs is 7. The lowest BCUT2D eigenvalue weighted by atomic mass is 9.88. The van der Waals surface area contributed by atoms with Crippen molar-refractivity contribution >= 4 is 22.1 Å². The third-order valence-electron chi connectivity index (χ3n) is 7.45. The summed E-state index contributed by atoms with van der Waals surface area (Å²) in [5, 5.41) is 1.83. The van der Waals surface area contributed by atoms with Gasteiger partial charge in [0.25, 0.3) is 0 Å². The second kappa shape index (κ2) is 8.00. The Labute approximate surface area is 213 Å². The van der Waals surface area contributed by atoms with Gasteiger partial charge in [-0.05, 0) is 61.0 Å². The quantitative estimate of drug-likeness (QED) is 0.226. The maximum Gasteiger partial charge on any atom is 0.231 e. The van der Waals surface area contributed by atoms with Crippen molar-refractivity contribution in [3.63, 3.8) is 0 Å². The van der Waals surface area contributed by atoms with Crippen LogP contribution in [-0.4, -0.2) is 26.5 Å². The van der Waals surface area contributed by atoms with Crippen LogP contribution in [0.2, 0.25) is 0 Å². The van der Waals surface area contributed by atoms with Gasteiger partial charge in [0.1, 0.15) is 11.1 Å². The molecule has 4 aromatic rings. The number of hydrogen-bond acceptors (Lipinski definition) is 6. The van der Waals surface area contributed by atoms with Crippen LogP contribution < -0.4 is 28.3 Å². The first-order valence-corrected chi connectivity index (χ1v) is 12.1. The number of carbonyl (C=O) groups excluding carboxylic acids is 1. The minimum atomic E-state index is -0.157. The molecule has 7 rings (SSSR count). The SMILES string of the molecule is C=C(C(=O)c1ccc(OC)cc1)c1c2c3c(ccc2c(C)c2[n+]1CCc1cc4c(cc1-2)OCO4)OCO3. The molecule has 0 saturated carbocycles. The molecule has 0 amide bonds. The fraction of sp³-hybridized carbons (Fsp3) is 0.200. The molecule has 0 spiro atoms. The molecule has 7 heteroatoms. The second-order valence-electron chi connectivity index (χ2n) is 9.34. The van der Waals surface area contributed by atoms with Gasteiger partial charge >= 0.3 is 0 Å². The van der Waals surface area contributed by atoms with E-state index >= 15 is 0 Å². The van der Waals surface area contributed by atoms with Crippen LogP contribution in [-0.2, 0) is 13.0 Å². The van der Waals surface area contributed by atoms with Crippen LogP contribution in [0.25, 0.3) is 27.6 Å². The third-order valence-corrected chi connectivity index (χ3v) is 7.45. The summed E-state index contributed by atoms with van der Waals surface area (Å²) >= 11 is 0. The number of rotatable bonds is 4. The first-order valence-electron chi connectivity index (χ1n) is 12.1. The smallest absolute Gasteiger partial charge is 0.231 e. The van der Waals surface area contributed by atoms with Crippen LogP contribution in [0, 0.1) is 6.92 Å². The van der Waals surface area contributed by atoms with Crippen molar-refractivity contribution in [1.82, 2.24) is 0 Å². The summed E-state index contributed by atoms with van der Waals surface area (Å²) in [4.78, 5) is 13.8. The Bertz CT molecular complexity index is 1650. The van der Waals surface area contributed by atoms with Crippen LogP contribution in [0.15, 0.2) is 55.1 Å². The van der Waals surface area contributed by atoms with Crippen molar-refractivity contribution in [3.8, 4) is 40.0 Å². The molecule has 0 saturated heterocycles. The summed E-state index contributed by atoms with van der Waals surface area (Å²) in [6, 6.07) is 15.2. The van der Waals surface area contributed by atoms with Gasteiger partial charge in [-0.3, -0.25) is 4.79 Å². The zero-order valence-corrected chi connectivity index (χ0v) is 20.6. The van der Waals surface area contributed by atoms with Crippen LogP contribution in [0.5, 0.6) is 28.7 Å². The van der Waals surface area contributed by atoms with Gasteiger partial charge in [-0.2, -0.15) is 4.57 Å². The van der Waals surface area contributed by atoms with E-state index in [0.717, 1.165) is 51.2 Å². The van der Waals surface area contributed by atoms with E-state index in [1.165, 1.54) is 5.56 Å². The van der Waals surface area contributed by atoms with Crippen molar-refractivity contribution in [2.24, 2.45) is 0 Å². The van der Waals surface area contributed by atoms with Crippen LogP contribution in [0.3, 0.4) is 0 Å². The number of carbonyl (C=O) groups is 1. The Morgan fingerprint density at radius 2 is 1.68 bits per heavy atom. The van der Waals surface area contributed by atoms with Gasteiger partial charge in [0.2, 0.25) is 25.0 Å². The Balaban J connectivity index is 1.50. The Morgan fingerprint density at radius 1 is 0.946 bits per heavy atom. The summed E-state index contributed by atoms with van der Waals surface area (Å²) in [6.45, 7) is 7.47. The number of allylic oxidation sites excluding steroid dienone is 1. The summed E-state index contributed by atoms with van der Waals surface area (Å²) in [7, 11) is 1.60. The van der Waals surface area contributed by atoms with Crippen molar-refractivity contribution in [2.45, 2.75) is 19.9 Å². The molecule has 0 fully saturated rings. The van der Waals surface area contributed by atoms with E-state index in [2.05, 4.69) is 24.1 Å². The molecule has 3 aromatic carbocycles. The molecule has 4 heterocycles. The molecule has 0 unspecified atom stereocenters. The second-order valence-corrected chi connectivity index (χ2v) is 9.34. The summed E-state index contributed by atoms with van der Waals surface area (Å²) in [5.41, 5.74) is 6.04. The molecule has 0 atom stereocenters. The Hall–Kier alpha value is -4.52. The standard InChI is InChI=1S/C30H24NO6/c1-16-21-8-9-23-30(37-15-34-23)26(21)28(17(2)29(32)18-4-6-20(33-3)7-5-18)31-11-10-19-12-24-25(36-14-35-24)13-22(19)27(16)31/h4-9,12-13H,2,10-11,14-15H2,1,3H3/q+1. The number of aryl methyl sites for hydroxylation is 2. The van der Waals surface area contributed by atoms with Gasteiger partial charge in [0.15, 0.2) is 35.3 Å². The van der Waals surface area contributed by atoms with Crippen molar-refractivity contribution in [2.75, 3.05) is 20.7 Å². The monoisotopic (exact) mass is 494 g/mol. The fourth-order valence-electron chi connectivity index (χ4n) is 5.65. The van der Waals surface area contributed by atoms with E-state index in [-0.39, 0.29) is 19.4 Å². The number of methoxy groups -OCH3 is 1. The van der Waals surface area contributed by atoms with E-state index in [9.17, 15) is 4.79 Å². The molecule has 7 nitrogen and oxygen atoms in total. The molecular weight excluding hydrogens is 470 g/mol. The van der Waals surface area contributed by atoms with E-state index in [0.29, 0.717) is 34.9 Å². The minimum absolute atomic E-state index is 0.139. The number of ether oxygens (including phenoxy) is 5. The third kappa shape index (κ3) is 3.13. The number of Topliss-reactive ketones (excluding diaryl/α,β-unsaturated/α-hetero) is 1. The van der Waals surface area contributed by atoms with Gasteiger partial charge in [0, 0.05) is 22.9 Å². The number of pyridine rings is 1. The number of aromatic nitrogens is 1. The largest absolute Gasteiger partial charge is 0.497 e. The number of nitrogens with zero attached hydrogens (tertiary/aromatic N) is 1. The van der Waals surface area contributed by atoms with E-state index in [1.54, 1.807) is 31.4 Å². The molecular formula is C30H24NO6+. The maximum absolute atomic E-state index is 13.8. The predicted octanol–water partition coefficient (Wildman–Crippen LogP) is 5.02. The normalized spacial score (nSPS) is 14.3. The minimum Gasteiger partial charge on any atom is -0.497 e. The molecule has 3 aliphatic rings. The molecule has 1 aromatic heterocycles. The molecule has 3 aliphatic heterocycles. The van der Waals surface area contributed by atoms with Gasteiger partial charge in [0.05, 0.1) is 18.2 Å². The number of benzene rings is 3. The molecule has 0 radical (unpaired) electrons. The molecule has 0 aliphatic carbocycles. The summed E-state index contributed by atoms with van der Waals surface area (Å²) in [6.07, 6.45) is 0.776. The lowest BCUT2D eigenvalue weighted by Crippen LogP contribution is -2.45. The summed E-state index contributed by atoms with van der Waals surface area (Å²) < 4.78 is 30.5. The first-order chi connectivity index (χ1) is 18.0. The average Bonchev–Trinajstić information content (AvgIpc) is 3.60. The molecule has 37 heavy (non-hydrogen) atoms. The zero-order chi connectivity index (χ0) is 25.3. The van der Waals surface area contributed by atoms with Crippen LogP contribution in [0.1, 0.15) is 27.2 Å². The average molecular weight is 495 g/mol. The number of hydrogen-bond donors (Lipinski definition) is 0. The first kappa shape index (κ1) is 21.7. The van der Waals surface area contributed by atoms with Crippen LogP contribution >= 0.6 is 0 Å². The van der Waals surface area contributed by atoms with Gasteiger partial charge in [-0.25, -0.2) is 0 Å². The topological polar surface area (TPSA) is 67.1 Å². The zero-order valence-electron chi connectivity index (χ0n) is 20.6. The molecule has 0 N–H and O–H groups in total. The van der Waals surface area contributed by atoms with Gasteiger partial charge in [-0.15, -0.1) is 0 Å². The van der Waals surface area contributed by atoms with E-state index < -0.39 is 0 Å². The Kier molecular flexibility index (Phi) is 4.70. The highest BCUT2D eigenvalue weighted by atomic mass is 16.7. The van der Waals surface area contributed by atoms with E-state index in [1.807, 2.05) is 18.2 Å². The predicted molar refractivity (Wildman–Crippen MR) is 137 cm³/mol. The lowest BCUT2D eigenvalue weighted by molar-refractivity contribution is -0.688. The van der Waals surface area contributed by atoms with Crippen molar-refractivity contribution < 1.29 is 33.0 Å². The summed E-state index contributed by atoms with van der Waals surface area (Å²) in [5.74, 6) is 3.34. The fourth-order valence-corrected chi connectivity index (χ4v) is 5.65. The number of ketones is 1. The Morgan fingerprint density at radius 3 is 2.46 bits per heavy atom. The van der Waals surface area contributed by atoms with E-state index in [4.69, 9.17) is 23.7 Å².